The van der Waals surface area contributed by atoms with Crippen LogP contribution >= 0.6 is 0 Å². The minimum Gasteiger partial charge on any atom is -0.383 e. The maximum atomic E-state index is 5.37. The lowest BCUT2D eigenvalue weighted by molar-refractivity contribution is 0.0412. The van der Waals surface area contributed by atoms with Crippen LogP contribution in [0.15, 0.2) is 0 Å². The molecule has 3 heteroatoms. The third kappa shape index (κ3) is 3.72. The Bertz CT molecular complexity index is 167. The molecule has 0 aliphatic carbocycles. The molecule has 0 rings (SSSR count). The average Bonchev–Trinajstić information content (AvgIpc) is 2.27. The van der Waals surface area contributed by atoms with E-state index in [0.717, 1.165) is 32.4 Å². The SMILES string of the molecule is CCCNC(COC)C(CC)(CC)N(C)C. The molecule has 0 saturated heterocycles. The molecule has 16 heavy (non-hydrogen) atoms. The number of nitrogens with one attached hydrogen (secondary N) is 1. The van der Waals surface area contributed by atoms with Crippen molar-refractivity contribution in [3.8, 4) is 0 Å². The molecule has 0 saturated carbocycles. The zero-order valence-electron chi connectivity index (χ0n) is 12.0. The second-order valence-corrected chi connectivity index (χ2v) is 4.67. The molecule has 0 bridgehead atoms. The first-order valence-corrected chi connectivity index (χ1v) is 6.48. The summed E-state index contributed by atoms with van der Waals surface area (Å²) in [5, 5.41) is 3.63. The molecule has 1 unspecified atom stereocenters. The summed E-state index contributed by atoms with van der Waals surface area (Å²) < 4.78 is 5.37. The molecule has 3 nitrogen and oxygen atoms in total. The molecule has 0 fully saturated rings. The van der Waals surface area contributed by atoms with Gasteiger partial charge in [0.05, 0.1) is 6.61 Å². The molecular formula is C13H30N2O. The van der Waals surface area contributed by atoms with E-state index >= 15 is 0 Å². The minimum atomic E-state index is 0.200. The Kier molecular flexibility index (Phi) is 7.98. The van der Waals surface area contributed by atoms with Gasteiger partial charge in [-0.1, -0.05) is 20.8 Å². The first-order chi connectivity index (χ1) is 7.58. The first-order valence-electron chi connectivity index (χ1n) is 6.48. The van der Waals surface area contributed by atoms with Gasteiger partial charge in [-0.2, -0.15) is 0 Å². The van der Waals surface area contributed by atoms with E-state index in [1.54, 1.807) is 7.11 Å². The number of nitrogens with zero attached hydrogens (tertiary/aromatic N) is 1. The van der Waals surface area contributed by atoms with Gasteiger partial charge in [-0.05, 0) is 39.9 Å². The highest BCUT2D eigenvalue weighted by Gasteiger charge is 2.37. The van der Waals surface area contributed by atoms with Crippen LogP contribution in [0.5, 0.6) is 0 Å². The van der Waals surface area contributed by atoms with Crippen molar-refractivity contribution >= 4 is 0 Å². The van der Waals surface area contributed by atoms with E-state index in [1.807, 2.05) is 0 Å². The van der Waals surface area contributed by atoms with Gasteiger partial charge in [-0.15, -0.1) is 0 Å². The lowest BCUT2D eigenvalue weighted by Crippen LogP contribution is -2.60. The van der Waals surface area contributed by atoms with Crippen molar-refractivity contribution in [2.24, 2.45) is 0 Å². The molecule has 0 aliphatic heterocycles. The van der Waals surface area contributed by atoms with Crippen LogP contribution in [0.2, 0.25) is 0 Å². The van der Waals surface area contributed by atoms with Crippen LogP contribution in [-0.2, 0) is 4.74 Å². The summed E-state index contributed by atoms with van der Waals surface area (Å²) in [5.41, 5.74) is 0.200. The summed E-state index contributed by atoms with van der Waals surface area (Å²) in [6.45, 7) is 8.56. The molecule has 0 amide bonds. The average molecular weight is 230 g/mol. The van der Waals surface area contributed by atoms with Crippen LogP contribution < -0.4 is 5.32 Å². The van der Waals surface area contributed by atoms with E-state index in [0.29, 0.717) is 6.04 Å². The largest absolute Gasteiger partial charge is 0.383 e. The van der Waals surface area contributed by atoms with Gasteiger partial charge in [0.2, 0.25) is 0 Å². The normalized spacial score (nSPS) is 14.4. The van der Waals surface area contributed by atoms with Crippen molar-refractivity contribution in [2.45, 2.75) is 51.6 Å². The van der Waals surface area contributed by atoms with Gasteiger partial charge in [-0.25, -0.2) is 0 Å². The standard InChI is InChI=1S/C13H30N2O/c1-7-10-14-12(11-16-6)13(8-2,9-3)15(4)5/h12,14H,7-11H2,1-6H3. The second kappa shape index (κ2) is 8.04. The Morgan fingerprint density at radius 2 is 1.75 bits per heavy atom. The van der Waals surface area contributed by atoms with Crippen molar-refractivity contribution in [1.82, 2.24) is 10.2 Å². The van der Waals surface area contributed by atoms with Gasteiger partial charge in [0.25, 0.3) is 0 Å². The van der Waals surface area contributed by atoms with Crippen LogP contribution in [0.3, 0.4) is 0 Å². The minimum absolute atomic E-state index is 0.200. The van der Waals surface area contributed by atoms with E-state index in [-0.39, 0.29) is 5.54 Å². The maximum Gasteiger partial charge on any atom is 0.0633 e. The van der Waals surface area contributed by atoms with Gasteiger partial charge < -0.3 is 15.0 Å². The van der Waals surface area contributed by atoms with Crippen molar-refractivity contribution in [2.75, 3.05) is 34.4 Å². The summed E-state index contributed by atoms with van der Waals surface area (Å²) >= 11 is 0. The third-order valence-electron chi connectivity index (χ3n) is 3.74. The highest BCUT2D eigenvalue weighted by molar-refractivity contribution is 4.97. The molecule has 1 N–H and O–H groups in total. The van der Waals surface area contributed by atoms with Crippen LogP contribution in [-0.4, -0.2) is 50.8 Å². The molecule has 0 aromatic rings. The molecule has 0 heterocycles. The zero-order valence-corrected chi connectivity index (χ0v) is 12.0. The lowest BCUT2D eigenvalue weighted by atomic mass is 9.83. The predicted octanol–water partition coefficient (Wildman–Crippen LogP) is 2.12. The molecule has 0 spiro atoms. The summed E-state index contributed by atoms with van der Waals surface area (Å²) in [7, 11) is 6.12. The molecular weight excluding hydrogens is 200 g/mol. The van der Waals surface area contributed by atoms with E-state index in [2.05, 4.69) is 45.1 Å². The second-order valence-electron chi connectivity index (χ2n) is 4.67. The van der Waals surface area contributed by atoms with Crippen molar-refractivity contribution in [3.05, 3.63) is 0 Å². The van der Waals surface area contributed by atoms with Crippen LogP contribution in [0.4, 0.5) is 0 Å². The fourth-order valence-corrected chi connectivity index (χ4v) is 2.58. The number of rotatable bonds is 9. The van der Waals surface area contributed by atoms with Gasteiger partial charge in [-0.3, -0.25) is 0 Å². The van der Waals surface area contributed by atoms with E-state index < -0.39 is 0 Å². The van der Waals surface area contributed by atoms with Gasteiger partial charge in [0.15, 0.2) is 0 Å². The van der Waals surface area contributed by atoms with Crippen molar-refractivity contribution in [3.63, 3.8) is 0 Å². The van der Waals surface area contributed by atoms with E-state index in [1.165, 1.54) is 0 Å². The van der Waals surface area contributed by atoms with Crippen LogP contribution in [0.25, 0.3) is 0 Å². The third-order valence-corrected chi connectivity index (χ3v) is 3.74. The number of hydrogen-bond donors (Lipinski definition) is 1. The maximum absolute atomic E-state index is 5.37. The Hall–Kier alpha value is -0.120. The quantitative estimate of drug-likeness (QED) is 0.656. The molecule has 0 aromatic carbocycles. The summed E-state index contributed by atoms with van der Waals surface area (Å²) in [6.07, 6.45) is 3.44. The van der Waals surface area contributed by atoms with Crippen molar-refractivity contribution in [1.29, 1.82) is 0 Å². The van der Waals surface area contributed by atoms with E-state index in [4.69, 9.17) is 4.74 Å². The number of hydrogen-bond acceptors (Lipinski definition) is 3. The Labute approximate surface area is 102 Å². The predicted molar refractivity (Wildman–Crippen MR) is 71.0 cm³/mol. The zero-order chi connectivity index (χ0) is 12.6. The fraction of sp³-hybridized carbons (Fsp3) is 1.00. The van der Waals surface area contributed by atoms with Crippen molar-refractivity contribution < 1.29 is 4.74 Å². The Morgan fingerprint density at radius 3 is 2.06 bits per heavy atom. The summed E-state index contributed by atoms with van der Waals surface area (Å²) in [4.78, 5) is 2.35. The van der Waals surface area contributed by atoms with Gasteiger partial charge >= 0.3 is 0 Å². The summed E-state index contributed by atoms with van der Waals surface area (Å²) in [5.74, 6) is 0. The summed E-state index contributed by atoms with van der Waals surface area (Å²) in [6, 6.07) is 0.405. The van der Waals surface area contributed by atoms with Gasteiger partial charge in [0.1, 0.15) is 0 Å². The molecule has 98 valence electrons. The Morgan fingerprint density at radius 1 is 1.19 bits per heavy atom. The Balaban J connectivity index is 4.76. The number of likely N-dealkylation sites (N-methyl/N-ethyl adjacent to an activating group) is 1. The molecule has 0 radical (unpaired) electrons. The molecule has 0 aromatic heterocycles. The molecule has 1 atom stereocenters. The highest BCUT2D eigenvalue weighted by Crippen LogP contribution is 2.26. The van der Waals surface area contributed by atoms with Crippen LogP contribution in [0.1, 0.15) is 40.0 Å². The van der Waals surface area contributed by atoms with E-state index in [9.17, 15) is 0 Å². The number of methoxy groups -OCH3 is 1. The highest BCUT2D eigenvalue weighted by atomic mass is 16.5. The smallest absolute Gasteiger partial charge is 0.0633 e. The first kappa shape index (κ1) is 15.9. The topological polar surface area (TPSA) is 24.5 Å². The lowest BCUT2D eigenvalue weighted by Gasteiger charge is -2.45. The van der Waals surface area contributed by atoms with Crippen LogP contribution in [0, 0.1) is 0 Å². The number of ether oxygens (including phenoxy) is 1. The fourth-order valence-electron chi connectivity index (χ4n) is 2.58. The molecule has 0 aliphatic rings. The monoisotopic (exact) mass is 230 g/mol. The van der Waals surface area contributed by atoms with Gasteiger partial charge in [0, 0.05) is 18.7 Å².